The number of amides is 1. The second kappa shape index (κ2) is 7.60. The molecule has 2 unspecified atom stereocenters. The number of hydrogen-bond donors (Lipinski definition) is 2. The molecule has 0 saturated heterocycles. The summed E-state index contributed by atoms with van der Waals surface area (Å²) in [5.41, 5.74) is 8.21. The van der Waals surface area contributed by atoms with Crippen LogP contribution in [0.5, 0.6) is 0 Å². The highest BCUT2D eigenvalue weighted by atomic mass is 16.2. The lowest BCUT2D eigenvalue weighted by Gasteiger charge is -2.20. The Balaban J connectivity index is 1.96. The van der Waals surface area contributed by atoms with Gasteiger partial charge in [0.25, 0.3) is 0 Å². The smallest absolute Gasteiger partial charge is 0.237 e. The predicted molar refractivity (Wildman–Crippen MR) is 85.7 cm³/mol. The monoisotopic (exact) mass is 282 g/mol. The van der Waals surface area contributed by atoms with Crippen molar-refractivity contribution < 1.29 is 4.79 Å². The van der Waals surface area contributed by atoms with Gasteiger partial charge in [-0.05, 0) is 24.0 Å². The SMILES string of the molecule is CCC(NC(=O)C(N)Cc1ccccc1)c1ccccc1. The van der Waals surface area contributed by atoms with E-state index in [2.05, 4.69) is 12.2 Å². The predicted octanol–water partition coefficient (Wildman–Crippen LogP) is 2.82. The lowest BCUT2D eigenvalue weighted by molar-refractivity contribution is -0.123. The van der Waals surface area contributed by atoms with Crippen LogP contribution in [0.4, 0.5) is 0 Å². The summed E-state index contributed by atoms with van der Waals surface area (Å²) in [5, 5.41) is 3.04. The van der Waals surface area contributed by atoms with E-state index in [1.165, 1.54) is 0 Å². The van der Waals surface area contributed by atoms with Crippen molar-refractivity contribution in [1.29, 1.82) is 0 Å². The van der Waals surface area contributed by atoms with E-state index in [1.807, 2.05) is 60.7 Å². The second-order valence-electron chi connectivity index (χ2n) is 5.18. The lowest BCUT2D eigenvalue weighted by Crippen LogP contribution is -2.43. The summed E-state index contributed by atoms with van der Waals surface area (Å²) in [5.74, 6) is -0.102. The third kappa shape index (κ3) is 4.43. The van der Waals surface area contributed by atoms with E-state index < -0.39 is 6.04 Å². The highest BCUT2D eigenvalue weighted by Gasteiger charge is 2.18. The first kappa shape index (κ1) is 15.3. The van der Waals surface area contributed by atoms with Crippen LogP contribution in [-0.4, -0.2) is 11.9 Å². The highest BCUT2D eigenvalue weighted by Crippen LogP contribution is 2.16. The van der Waals surface area contributed by atoms with Crippen molar-refractivity contribution in [3.05, 3.63) is 71.8 Å². The second-order valence-corrected chi connectivity index (χ2v) is 5.18. The number of nitrogens with two attached hydrogens (primary N) is 1. The summed E-state index contributed by atoms with van der Waals surface area (Å²) in [6, 6.07) is 19.3. The zero-order chi connectivity index (χ0) is 15.1. The molecule has 2 aromatic rings. The summed E-state index contributed by atoms with van der Waals surface area (Å²) < 4.78 is 0. The molecule has 0 aliphatic heterocycles. The molecule has 2 aromatic carbocycles. The topological polar surface area (TPSA) is 55.1 Å². The van der Waals surface area contributed by atoms with Crippen LogP contribution >= 0.6 is 0 Å². The Morgan fingerprint density at radius 3 is 2.19 bits per heavy atom. The van der Waals surface area contributed by atoms with Gasteiger partial charge in [-0.1, -0.05) is 67.6 Å². The van der Waals surface area contributed by atoms with E-state index in [0.717, 1.165) is 17.5 Å². The number of hydrogen-bond acceptors (Lipinski definition) is 2. The van der Waals surface area contributed by atoms with Gasteiger partial charge in [-0.25, -0.2) is 0 Å². The van der Waals surface area contributed by atoms with Gasteiger partial charge in [0.15, 0.2) is 0 Å². The van der Waals surface area contributed by atoms with Gasteiger partial charge < -0.3 is 11.1 Å². The molecule has 2 atom stereocenters. The van der Waals surface area contributed by atoms with Crippen molar-refractivity contribution in [3.63, 3.8) is 0 Å². The lowest BCUT2D eigenvalue weighted by atomic mass is 10.0. The number of carbonyl (C=O) groups is 1. The fourth-order valence-electron chi connectivity index (χ4n) is 2.35. The van der Waals surface area contributed by atoms with Gasteiger partial charge in [0.2, 0.25) is 5.91 Å². The highest BCUT2D eigenvalue weighted by molar-refractivity contribution is 5.82. The molecule has 110 valence electrons. The third-order valence-corrected chi connectivity index (χ3v) is 3.56. The maximum atomic E-state index is 12.3. The van der Waals surface area contributed by atoms with Gasteiger partial charge in [0.1, 0.15) is 0 Å². The molecular formula is C18H22N2O. The van der Waals surface area contributed by atoms with Crippen molar-refractivity contribution in [3.8, 4) is 0 Å². The summed E-state index contributed by atoms with van der Waals surface area (Å²) >= 11 is 0. The van der Waals surface area contributed by atoms with Gasteiger partial charge >= 0.3 is 0 Å². The van der Waals surface area contributed by atoms with Gasteiger partial charge in [0.05, 0.1) is 12.1 Å². The van der Waals surface area contributed by atoms with Crippen LogP contribution in [0.3, 0.4) is 0 Å². The van der Waals surface area contributed by atoms with E-state index in [-0.39, 0.29) is 11.9 Å². The van der Waals surface area contributed by atoms with Crippen LogP contribution in [0.1, 0.15) is 30.5 Å². The van der Waals surface area contributed by atoms with Crippen molar-refractivity contribution in [1.82, 2.24) is 5.32 Å². The molecular weight excluding hydrogens is 260 g/mol. The summed E-state index contributed by atoms with van der Waals surface area (Å²) in [4.78, 5) is 12.3. The Labute approximate surface area is 126 Å². The third-order valence-electron chi connectivity index (χ3n) is 3.56. The molecule has 3 heteroatoms. The minimum Gasteiger partial charge on any atom is -0.348 e. The molecule has 2 rings (SSSR count). The summed E-state index contributed by atoms with van der Waals surface area (Å²) in [7, 11) is 0. The molecule has 0 fully saturated rings. The molecule has 21 heavy (non-hydrogen) atoms. The maximum Gasteiger partial charge on any atom is 0.237 e. The molecule has 0 aliphatic carbocycles. The molecule has 0 heterocycles. The fraction of sp³-hybridized carbons (Fsp3) is 0.278. The molecule has 0 aromatic heterocycles. The quantitative estimate of drug-likeness (QED) is 0.856. The summed E-state index contributed by atoms with van der Waals surface area (Å²) in [6.07, 6.45) is 1.39. The Kier molecular flexibility index (Phi) is 5.52. The van der Waals surface area contributed by atoms with E-state index in [0.29, 0.717) is 6.42 Å². The van der Waals surface area contributed by atoms with Crippen LogP contribution < -0.4 is 11.1 Å². The summed E-state index contributed by atoms with van der Waals surface area (Å²) in [6.45, 7) is 2.06. The molecule has 0 saturated carbocycles. The van der Waals surface area contributed by atoms with E-state index in [9.17, 15) is 4.79 Å². The van der Waals surface area contributed by atoms with Crippen LogP contribution in [0.25, 0.3) is 0 Å². The number of benzene rings is 2. The maximum absolute atomic E-state index is 12.3. The van der Waals surface area contributed by atoms with E-state index in [1.54, 1.807) is 0 Å². The minimum atomic E-state index is -0.523. The van der Waals surface area contributed by atoms with E-state index in [4.69, 9.17) is 5.73 Å². The molecule has 1 amide bonds. The molecule has 3 N–H and O–H groups in total. The molecule has 3 nitrogen and oxygen atoms in total. The molecule has 0 radical (unpaired) electrons. The van der Waals surface area contributed by atoms with Gasteiger partial charge in [-0.2, -0.15) is 0 Å². The Hall–Kier alpha value is -2.13. The average Bonchev–Trinajstić information content (AvgIpc) is 2.54. The van der Waals surface area contributed by atoms with Crippen LogP contribution in [-0.2, 0) is 11.2 Å². The fourth-order valence-corrected chi connectivity index (χ4v) is 2.35. The first-order valence-corrected chi connectivity index (χ1v) is 7.35. The number of carbonyl (C=O) groups excluding carboxylic acids is 1. The average molecular weight is 282 g/mol. The van der Waals surface area contributed by atoms with Crippen LogP contribution in [0.2, 0.25) is 0 Å². The Morgan fingerprint density at radius 1 is 1.05 bits per heavy atom. The van der Waals surface area contributed by atoms with Crippen LogP contribution in [0, 0.1) is 0 Å². The molecule has 0 spiro atoms. The Bertz CT molecular complexity index is 554. The molecule has 0 aliphatic rings. The van der Waals surface area contributed by atoms with E-state index >= 15 is 0 Å². The molecule has 0 bridgehead atoms. The number of rotatable bonds is 6. The zero-order valence-corrected chi connectivity index (χ0v) is 12.3. The van der Waals surface area contributed by atoms with Crippen molar-refractivity contribution >= 4 is 5.91 Å². The van der Waals surface area contributed by atoms with Crippen LogP contribution in [0.15, 0.2) is 60.7 Å². The first-order valence-electron chi connectivity index (χ1n) is 7.35. The zero-order valence-electron chi connectivity index (χ0n) is 12.3. The normalized spacial score (nSPS) is 13.4. The Morgan fingerprint density at radius 2 is 1.62 bits per heavy atom. The van der Waals surface area contributed by atoms with Gasteiger partial charge in [-0.3, -0.25) is 4.79 Å². The van der Waals surface area contributed by atoms with Gasteiger partial charge in [0, 0.05) is 0 Å². The van der Waals surface area contributed by atoms with Crippen molar-refractivity contribution in [2.75, 3.05) is 0 Å². The van der Waals surface area contributed by atoms with Crippen molar-refractivity contribution in [2.45, 2.75) is 31.8 Å². The van der Waals surface area contributed by atoms with Crippen molar-refractivity contribution in [2.24, 2.45) is 5.73 Å². The largest absolute Gasteiger partial charge is 0.348 e. The first-order chi connectivity index (χ1) is 10.2. The standard InChI is InChI=1S/C18H22N2O/c1-2-17(15-11-7-4-8-12-15)20-18(21)16(19)13-14-9-5-3-6-10-14/h3-12,16-17H,2,13,19H2,1H3,(H,20,21). The number of nitrogens with one attached hydrogen (secondary N) is 1. The minimum absolute atomic E-state index is 0.0144. The van der Waals surface area contributed by atoms with Gasteiger partial charge in [-0.15, -0.1) is 0 Å².